The molecule has 7 rings (SSSR count). The van der Waals surface area contributed by atoms with Gasteiger partial charge in [0.1, 0.15) is 12.0 Å². The number of imidazole rings is 1. The molecular formula is C25H19IN4O. The van der Waals surface area contributed by atoms with Gasteiger partial charge in [-0.15, -0.1) is 0 Å². The monoisotopic (exact) mass is 518 g/mol. The highest BCUT2D eigenvalue weighted by molar-refractivity contribution is 14.1. The van der Waals surface area contributed by atoms with Crippen LogP contribution in [-0.2, 0) is 5.41 Å². The molecule has 0 spiro atoms. The molecule has 2 fully saturated rings. The van der Waals surface area contributed by atoms with Crippen LogP contribution in [-0.4, -0.2) is 20.2 Å². The van der Waals surface area contributed by atoms with Crippen LogP contribution in [0.25, 0.3) is 17.1 Å². The molecule has 0 N–H and O–H groups in total. The number of fused-ring (bicyclic) bond motifs is 4. The van der Waals surface area contributed by atoms with E-state index in [-0.39, 0.29) is 6.04 Å². The van der Waals surface area contributed by atoms with Crippen LogP contribution in [0.2, 0.25) is 0 Å². The number of benzene rings is 2. The Bertz CT molecular complexity index is 1380. The molecule has 0 saturated heterocycles. The van der Waals surface area contributed by atoms with E-state index in [9.17, 15) is 0 Å². The van der Waals surface area contributed by atoms with Gasteiger partial charge in [0, 0.05) is 14.7 Å². The summed E-state index contributed by atoms with van der Waals surface area (Å²) in [7, 11) is 0. The third-order valence-electron chi connectivity index (χ3n) is 7.09. The maximum atomic E-state index is 5.59. The summed E-state index contributed by atoms with van der Waals surface area (Å²) in [5.74, 6) is 1.57. The van der Waals surface area contributed by atoms with Crippen LogP contribution in [0, 0.1) is 9.49 Å². The molecule has 3 heterocycles. The average Bonchev–Trinajstić information content (AvgIpc) is 3.48. The first-order valence-electron chi connectivity index (χ1n) is 10.6. The molecule has 0 radical (unpaired) electrons. The van der Waals surface area contributed by atoms with Crippen molar-refractivity contribution in [2.75, 3.05) is 0 Å². The standard InChI is InChI=1S/C25H19IN4O/c1-14-24-23(21-11-27-13-31-21)28-12-30(24)20-7-6-15(25-9-16(25)10-25)8-18(20)22(29-14)17-4-2-3-5-19(17)26/h2-8,11-14,16H,9-10H2,1H3/t14-,16?,25?/m0/s1. The van der Waals surface area contributed by atoms with Crippen molar-refractivity contribution >= 4 is 28.3 Å². The molecule has 2 saturated carbocycles. The SMILES string of the molecule is C[C@@H]1N=C(c2ccccc2I)c2cc(C34CC3C4)ccc2-n2cnc(-c3cnco3)c21. The number of oxazole rings is 1. The lowest BCUT2D eigenvalue weighted by atomic mass is 9.94. The molecule has 0 amide bonds. The smallest absolute Gasteiger partial charge is 0.181 e. The second-order valence-electron chi connectivity index (χ2n) is 8.84. The van der Waals surface area contributed by atoms with Crippen LogP contribution >= 0.6 is 22.6 Å². The zero-order valence-corrected chi connectivity index (χ0v) is 19.1. The number of halogens is 1. The Balaban J connectivity index is 1.50. The molecule has 1 atom stereocenters. The summed E-state index contributed by atoms with van der Waals surface area (Å²) >= 11 is 2.42. The predicted octanol–water partition coefficient (Wildman–Crippen LogP) is 5.71. The van der Waals surface area contributed by atoms with Gasteiger partial charge in [-0.1, -0.05) is 24.3 Å². The minimum atomic E-state index is -0.0859. The number of aromatic nitrogens is 3. The second kappa shape index (κ2) is 6.16. The Hall–Kier alpha value is -2.74. The van der Waals surface area contributed by atoms with Crippen molar-refractivity contribution < 1.29 is 4.42 Å². The normalized spacial score (nSPS) is 25.2. The molecule has 0 bridgehead atoms. The van der Waals surface area contributed by atoms with E-state index in [1.807, 2.05) is 6.33 Å². The highest BCUT2D eigenvalue weighted by atomic mass is 127. The minimum absolute atomic E-state index is 0.0859. The Morgan fingerprint density at radius 3 is 2.71 bits per heavy atom. The zero-order chi connectivity index (χ0) is 20.7. The van der Waals surface area contributed by atoms with E-state index < -0.39 is 0 Å². The molecule has 2 aromatic heterocycles. The largest absolute Gasteiger partial charge is 0.442 e. The zero-order valence-electron chi connectivity index (χ0n) is 16.9. The summed E-state index contributed by atoms with van der Waals surface area (Å²) in [5.41, 5.74) is 8.27. The molecule has 31 heavy (non-hydrogen) atoms. The Morgan fingerprint density at radius 1 is 1.13 bits per heavy atom. The van der Waals surface area contributed by atoms with Crippen LogP contribution in [0.5, 0.6) is 0 Å². The number of nitrogens with zero attached hydrogens (tertiary/aromatic N) is 4. The third-order valence-corrected chi connectivity index (χ3v) is 8.03. The molecule has 4 aromatic rings. The molecule has 5 nitrogen and oxygen atoms in total. The van der Waals surface area contributed by atoms with Crippen LogP contribution in [0.1, 0.15) is 48.2 Å². The summed E-state index contributed by atoms with van der Waals surface area (Å²) in [4.78, 5) is 14.1. The highest BCUT2D eigenvalue weighted by Gasteiger charge is 2.70. The van der Waals surface area contributed by atoms with E-state index in [1.165, 1.54) is 39.5 Å². The van der Waals surface area contributed by atoms with E-state index in [1.54, 1.807) is 6.20 Å². The second-order valence-corrected chi connectivity index (χ2v) is 10.0. The lowest BCUT2D eigenvalue weighted by molar-refractivity contribution is 0.568. The maximum absolute atomic E-state index is 5.59. The van der Waals surface area contributed by atoms with Gasteiger partial charge < -0.3 is 4.42 Å². The molecule has 2 aromatic carbocycles. The van der Waals surface area contributed by atoms with Gasteiger partial charge in [0.05, 0.1) is 29.3 Å². The van der Waals surface area contributed by atoms with Gasteiger partial charge in [-0.2, -0.15) is 0 Å². The quantitative estimate of drug-likeness (QED) is 0.327. The molecule has 6 heteroatoms. The van der Waals surface area contributed by atoms with Gasteiger partial charge in [-0.3, -0.25) is 9.56 Å². The molecule has 2 aliphatic carbocycles. The number of aliphatic imine (C=N–C) groups is 1. The lowest BCUT2D eigenvalue weighted by Gasteiger charge is -2.15. The molecular weight excluding hydrogens is 499 g/mol. The van der Waals surface area contributed by atoms with E-state index in [2.05, 4.69) is 81.5 Å². The maximum Gasteiger partial charge on any atom is 0.181 e. The van der Waals surface area contributed by atoms with Crippen molar-refractivity contribution in [2.45, 2.75) is 31.2 Å². The molecule has 1 aliphatic heterocycles. The van der Waals surface area contributed by atoms with Gasteiger partial charge in [0.15, 0.2) is 12.2 Å². The van der Waals surface area contributed by atoms with Crippen LogP contribution in [0.4, 0.5) is 0 Å². The summed E-state index contributed by atoms with van der Waals surface area (Å²) in [6.07, 6.45) is 7.73. The van der Waals surface area contributed by atoms with E-state index in [0.717, 1.165) is 28.7 Å². The fraction of sp³-hybridized carbons (Fsp3) is 0.240. The Labute approximate surface area is 193 Å². The average molecular weight is 518 g/mol. The fourth-order valence-corrected chi connectivity index (χ4v) is 5.73. The Morgan fingerprint density at radius 2 is 1.97 bits per heavy atom. The molecule has 152 valence electrons. The van der Waals surface area contributed by atoms with E-state index >= 15 is 0 Å². The van der Waals surface area contributed by atoms with Crippen molar-refractivity contribution in [1.29, 1.82) is 0 Å². The van der Waals surface area contributed by atoms with Gasteiger partial charge in [0.25, 0.3) is 0 Å². The van der Waals surface area contributed by atoms with Crippen molar-refractivity contribution in [3.8, 4) is 17.1 Å². The van der Waals surface area contributed by atoms with Crippen molar-refractivity contribution in [1.82, 2.24) is 14.5 Å². The van der Waals surface area contributed by atoms with Crippen molar-refractivity contribution in [2.24, 2.45) is 10.9 Å². The van der Waals surface area contributed by atoms with Gasteiger partial charge in [-0.05, 0) is 77.5 Å². The summed E-state index contributed by atoms with van der Waals surface area (Å²) < 4.78 is 8.98. The number of hydrogen-bond donors (Lipinski definition) is 0. The fourth-order valence-electron chi connectivity index (χ4n) is 5.08. The molecule has 3 aliphatic rings. The first-order valence-corrected chi connectivity index (χ1v) is 11.7. The third kappa shape index (κ3) is 2.51. The van der Waals surface area contributed by atoms with Crippen LogP contribution in [0.15, 0.2) is 70.8 Å². The van der Waals surface area contributed by atoms with Gasteiger partial charge >= 0.3 is 0 Å². The van der Waals surface area contributed by atoms with E-state index in [0.29, 0.717) is 11.2 Å². The number of rotatable bonds is 3. The first-order chi connectivity index (χ1) is 15.2. The summed E-state index contributed by atoms with van der Waals surface area (Å²) in [6, 6.07) is 15.4. The van der Waals surface area contributed by atoms with Crippen LogP contribution < -0.4 is 0 Å². The summed E-state index contributed by atoms with van der Waals surface area (Å²) in [6.45, 7) is 2.13. The lowest BCUT2D eigenvalue weighted by Crippen LogP contribution is -2.10. The predicted molar refractivity (Wildman–Crippen MR) is 127 cm³/mol. The summed E-state index contributed by atoms with van der Waals surface area (Å²) in [5, 5.41) is 0. The van der Waals surface area contributed by atoms with Crippen molar-refractivity contribution in [3.63, 3.8) is 0 Å². The number of hydrogen-bond acceptors (Lipinski definition) is 4. The van der Waals surface area contributed by atoms with E-state index in [4.69, 9.17) is 14.4 Å². The highest BCUT2D eigenvalue weighted by Crippen LogP contribution is 2.75. The molecule has 0 unspecified atom stereocenters. The van der Waals surface area contributed by atoms with Crippen LogP contribution in [0.3, 0.4) is 0 Å². The Kier molecular flexibility index (Phi) is 3.55. The first kappa shape index (κ1) is 17.9. The van der Waals surface area contributed by atoms with Gasteiger partial charge in [-0.25, -0.2) is 9.97 Å². The van der Waals surface area contributed by atoms with Gasteiger partial charge in [0.2, 0.25) is 0 Å². The topological polar surface area (TPSA) is 56.2 Å². The minimum Gasteiger partial charge on any atom is -0.442 e. The van der Waals surface area contributed by atoms with Crippen molar-refractivity contribution in [3.05, 3.63) is 87.3 Å².